The molecule has 1 heterocycles. The smallest absolute Gasteiger partial charge is 0.310 e. The van der Waals surface area contributed by atoms with Crippen LogP contribution in [0.15, 0.2) is 12.4 Å². The highest BCUT2D eigenvalue weighted by molar-refractivity contribution is 6.29. The van der Waals surface area contributed by atoms with E-state index in [4.69, 9.17) is 11.6 Å². The van der Waals surface area contributed by atoms with Crippen molar-refractivity contribution < 1.29 is 4.79 Å². The number of carbonyl (C=O) groups excluding carboxylic acids is 1. The largest absolute Gasteiger partial charge is 0.458 e. The number of amides is 1. The highest BCUT2D eigenvalue weighted by Crippen LogP contribution is 2.00. The maximum absolute atomic E-state index is 10.8. The summed E-state index contributed by atoms with van der Waals surface area (Å²) in [7, 11) is 0. The number of halogens is 1. The fourth-order valence-electron chi connectivity index (χ4n) is 0.503. The van der Waals surface area contributed by atoms with E-state index in [0.717, 1.165) is 0 Å². The number of carbonyl (C=O) groups is 1. The number of nitrogens with zero attached hydrogens (tertiary/aromatic N) is 2. The first-order valence-electron chi connectivity index (χ1n) is 2.72. The van der Waals surface area contributed by atoms with Gasteiger partial charge in [-0.3, -0.25) is 4.79 Å². The molecule has 2 radical (unpaired) electrons. The first kappa shape index (κ1) is 8.47. The molecule has 6 heteroatoms. The summed E-state index contributed by atoms with van der Waals surface area (Å²) >= 11 is 7.53. The molecule has 1 rings (SSSR count). The van der Waals surface area contributed by atoms with Crippen molar-refractivity contribution in [3.05, 3.63) is 23.2 Å². The normalized spacial score (nSPS) is 9.18. The van der Waals surface area contributed by atoms with Gasteiger partial charge in [0.25, 0.3) is 0 Å². The van der Waals surface area contributed by atoms with Crippen molar-refractivity contribution in [1.29, 1.82) is 0 Å². The molecular formula is C5H3AlClN3O. The molecule has 0 aliphatic carbocycles. The first-order chi connectivity index (χ1) is 5.24. The highest BCUT2D eigenvalue weighted by atomic mass is 35.5. The monoisotopic (exact) mass is 183 g/mol. The van der Waals surface area contributed by atoms with Crippen molar-refractivity contribution in [2.75, 3.05) is 0 Å². The Morgan fingerprint density at radius 3 is 2.73 bits per heavy atom. The van der Waals surface area contributed by atoms with Crippen LogP contribution in [0.4, 0.5) is 0 Å². The van der Waals surface area contributed by atoms with Gasteiger partial charge in [0.15, 0.2) is 0 Å². The van der Waals surface area contributed by atoms with Crippen LogP contribution < -0.4 is 4.30 Å². The van der Waals surface area contributed by atoms with E-state index in [1.54, 1.807) is 0 Å². The molecule has 0 bridgehead atoms. The van der Waals surface area contributed by atoms with E-state index in [9.17, 15) is 4.79 Å². The quantitative estimate of drug-likeness (QED) is 0.621. The van der Waals surface area contributed by atoms with Crippen LogP contribution in [-0.4, -0.2) is 32.4 Å². The third-order valence-electron chi connectivity index (χ3n) is 0.984. The molecule has 0 aliphatic rings. The number of hydrogen-bond donors (Lipinski definition) is 1. The molecule has 0 aromatic carbocycles. The minimum atomic E-state index is -0.306. The number of hydrogen-bond acceptors (Lipinski definition) is 3. The summed E-state index contributed by atoms with van der Waals surface area (Å²) in [6, 6.07) is 0. The van der Waals surface area contributed by atoms with Gasteiger partial charge in [-0.25, -0.2) is 9.97 Å². The summed E-state index contributed by atoms with van der Waals surface area (Å²) in [5, 5.41) is 0.269. The molecule has 0 saturated carbocycles. The predicted octanol–water partition coefficient (Wildman–Crippen LogP) is -0.0567. The molecule has 11 heavy (non-hydrogen) atoms. The lowest BCUT2D eigenvalue weighted by molar-refractivity contribution is 0.0976. The Kier molecular flexibility index (Phi) is 2.83. The summed E-state index contributed by atoms with van der Waals surface area (Å²) in [6.45, 7) is 0. The lowest BCUT2D eigenvalue weighted by Gasteiger charge is -1.97. The zero-order valence-electron chi connectivity index (χ0n) is 5.41. The van der Waals surface area contributed by atoms with Gasteiger partial charge in [0.1, 0.15) is 10.8 Å². The summed E-state index contributed by atoms with van der Waals surface area (Å²) in [4.78, 5) is 18.3. The van der Waals surface area contributed by atoms with E-state index < -0.39 is 0 Å². The predicted molar refractivity (Wildman–Crippen MR) is 40.3 cm³/mol. The zero-order chi connectivity index (χ0) is 8.27. The van der Waals surface area contributed by atoms with Crippen molar-refractivity contribution >= 4 is 34.0 Å². The molecule has 0 fully saturated rings. The van der Waals surface area contributed by atoms with Crippen LogP contribution in [0.2, 0.25) is 5.15 Å². The molecular weight excluding hydrogens is 181 g/mol. The molecule has 0 aliphatic heterocycles. The van der Waals surface area contributed by atoms with Crippen LogP contribution in [0.3, 0.4) is 0 Å². The standard InChI is InChI=1S/C5H4ClN3O.Al/c6-4-2-8-3(1-9-4)5(7)10;/h1-2H,(H2,7,10);/q;+1/p-1. The van der Waals surface area contributed by atoms with Crippen molar-refractivity contribution in [1.82, 2.24) is 14.3 Å². The summed E-state index contributed by atoms with van der Waals surface area (Å²) < 4.78 is 2.33. The summed E-state index contributed by atoms with van der Waals surface area (Å²) in [6.07, 6.45) is 2.62. The van der Waals surface area contributed by atoms with Gasteiger partial charge in [-0.15, -0.1) is 0 Å². The molecule has 1 amide bonds. The second kappa shape index (κ2) is 3.67. The Morgan fingerprint density at radius 2 is 2.27 bits per heavy atom. The van der Waals surface area contributed by atoms with Crippen LogP contribution in [0.1, 0.15) is 10.5 Å². The van der Waals surface area contributed by atoms with Gasteiger partial charge >= 0.3 is 16.5 Å². The lowest BCUT2D eigenvalue weighted by Crippen LogP contribution is -2.20. The van der Waals surface area contributed by atoms with E-state index in [1.807, 2.05) is 0 Å². The third-order valence-corrected chi connectivity index (χ3v) is 1.44. The Labute approximate surface area is 76.6 Å². The lowest BCUT2D eigenvalue weighted by atomic mass is 10.4. The summed E-state index contributed by atoms with van der Waals surface area (Å²) in [5.74, 6) is -0.306. The van der Waals surface area contributed by atoms with E-state index in [0.29, 0.717) is 0 Å². The van der Waals surface area contributed by atoms with Crippen LogP contribution in [0.25, 0.3) is 0 Å². The van der Waals surface area contributed by atoms with E-state index in [2.05, 4.69) is 30.8 Å². The van der Waals surface area contributed by atoms with E-state index >= 15 is 0 Å². The molecule has 4 nitrogen and oxygen atoms in total. The second-order valence-electron chi connectivity index (χ2n) is 1.70. The number of nitrogens with one attached hydrogen (secondary N) is 1. The molecule has 0 saturated heterocycles. The Morgan fingerprint density at radius 1 is 1.55 bits per heavy atom. The fraction of sp³-hybridized carbons (Fsp3) is 0. The van der Waals surface area contributed by atoms with Crippen molar-refractivity contribution in [2.45, 2.75) is 0 Å². The average Bonchev–Trinajstić information content (AvgIpc) is 2.05. The maximum atomic E-state index is 10.8. The Balaban J connectivity index is 2.90. The van der Waals surface area contributed by atoms with Crippen LogP contribution in [-0.2, 0) is 0 Å². The van der Waals surface area contributed by atoms with Crippen molar-refractivity contribution in [2.24, 2.45) is 0 Å². The number of rotatable bonds is 1. The average molecular weight is 184 g/mol. The van der Waals surface area contributed by atoms with Crippen molar-refractivity contribution in [3.8, 4) is 0 Å². The molecule has 54 valence electrons. The number of aromatic nitrogens is 2. The molecule has 0 atom stereocenters. The van der Waals surface area contributed by atoms with Gasteiger partial charge in [0.05, 0.1) is 12.4 Å². The molecule has 0 unspecified atom stereocenters. The highest BCUT2D eigenvalue weighted by Gasteiger charge is 2.02. The Hall–Kier alpha value is -0.628. The van der Waals surface area contributed by atoms with Gasteiger partial charge < -0.3 is 4.30 Å². The summed E-state index contributed by atoms with van der Waals surface area (Å²) in [5.41, 5.74) is 0.240. The topological polar surface area (TPSA) is 54.9 Å². The minimum absolute atomic E-state index is 0.240. The minimum Gasteiger partial charge on any atom is -0.458 e. The fourth-order valence-corrected chi connectivity index (χ4v) is 0.749. The molecule has 1 aromatic rings. The zero-order valence-corrected chi connectivity index (χ0v) is 7.32. The van der Waals surface area contributed by atoms with Gasteiger partial charge in [0.2, 0.25) is 5.91 Å². The molecule has 1 aromatic heterocycles. The first-order valence-corrected chi connectivity index (χ1v) is 3.68. The SMILES string of the molecule is O=C([NH][Al])c1cnc(Cl)cn1. The van der Waals surface area contributed by atoms with Crippen LogP contribution >= 0.6 is 11.6 Å². The van der Waals surface area contributed by atoms with E-state index in [-0.39, 0.29) is 16.8 Å². The third kappa shape index (κ3) is 2.16. The molecule has 1 N–H and O–H groups in total. The second-order valence-corrected chi connectivity index (χ2v) is 2.37. The van der Waals surface area contributed by atoms with E-state index in [1.165, 1.54) is 12.4 Å². The van der Waals surface area contributed by atoms with Gasteiger partial charge in [-0.05, 0) is 0 Å². The van der Waals surface area contributed by atoms with Crippen LogP contribution in [0.5, 0.6) is 0 Å². The van der Waals surface area contributed by atoms with Crippen molar-refractivity contribution in [3.63, 3.8) is 0 Å². The molecule has 0 spiro atoms. The maximum Gasteiger partial charge on any atom is 0.310 e. The Bertz CT molecular complexity index is 263. The van der Waals surface area contributed by atoms with Gasteiger partial charge in [0, 0.05) is 0 Å². The van der Waals surface area contributed by atoms with Gasteiger partial charge in [-0.2, -0.15) is 0 Å². The van der Waals surface area contributed by atoms with Gasteiger partial charge in [-0.1, -0.05) is 11.6 Å². The van der Waals surface area contributed by atoms with Crippen LogP contribution in [0, 0.1) is 0 Å².